The molecule has 4 unspecified atom stereocenters. The number of nitrogens with two attached hydrogens (primary N) is 1. The van der Waals surface area contributed by atoms with E-state index in [9.17, 15) is 4.79 Å². The van der Waals surface area contributed by atoms with Crippen LogP contribution in [0.4, 0.5) is 0 Å². The van der Waals surface area contributed by atoms with Crippen LogP contribution < -0.4 is 16.7 Å². The zero-order valence-corrected chi connectivity index (χ0v) is 17.5. The first-order chi connectivity index (χ1) is 14.2. The summed E-state index contributed by atoms with van der Waals surface area (Å²) in [6.45, 7) is 1.61. The highest BCUT2D eigenvalue weighted by molar-refractivity contribution is 5.77. The molecule has 0 saturated carbocycles. The number of allylic oxidation sites excluding steroid dienone is 1. The molecular formula is C24H36N4O. The Labute approximate surface area is 175 Å². The SMILES string of the molecule is NC(=O)C1CN2CC1CCCCCCCC/C=C\c1cccc3c1CC(C3)NN2. The van der Waals surface area contributed by atoms with Crippen LogP contribution in [0.3, 0.4) is 0 Å². The third-order valence-corrected chi connectivity index (χ3v) is 6.95. The van der Waals surface area contributed by atoms with Gasteiger partial charge in [-0.15, -0.1) is 0 Å². The number of nitrogens with zero attached hydrogens (tertiary/aromatic N) is 1. The monoisotopic (exact) mass is 396 g/mol. The summed E-state index contributed by atoms with van der Waals surface area (Å²) in [7, 11) is 0. The second-order valence-electron chi connectivity index (χ2n) is 9.12. The summed E-state index contributed by atoms with van der Waals surface area (Å²) < 4.78 is 0. The molecule has 0 aromatic heterocycles. The van der Waals surface area contributed by atoms with Gasteiger partial charge >= 0.3 is 0 Å². The molecule has 1 aromatic rings. The molecule has 158 valence electrons. The van der Waals surface area contributed by atoms with Gasteiger partial charge in [0.05, 0.1) is 5.92 Å². The average Bonchev–Trinajstić information content (AvgIpc) is 3.31. The quantitative estimate of drug-likeness (QED) is 0.681. The number of amides is 1. The zero-order valence-electron chi connectivity index (χ0n) is 17.5. The Balaban J connectivity index is 1.44. The van der Waals surface area contributed by atoms with Gasteiger partial charge in [-0.1, -0.05) is 62.5 Å². The number of benzene rings is 1. The van der Waals surface area contributed by atoms with Crippen molar-refractivity contribution in [2.75, 3.05) is 13.1 Å². The van der Waals surface area contributed by atoms with Crippen molar-refractivity contribution < 1.29 is 4.79 Å². The second-order valence-corrected chi connectivity index (χ2v) is 9.12. The van der Waals surface area contributed by atoms with Gasteiger partial charge in [-0.2, -0.15) is 5.53 Å². The highest BCUT2D eigenvalue weighted by atomic mass is 16.1. The van der Waals surface area contributed by atoms with E-state index < -0.39 is 0 Å². The van der Waals surface area contributed by atoms with Gasteiger partial charge in [0.1, 0.15) is 0 Å². The standard InChI is InChI=1S/C24H36N4O/c25-24(29)23-17-28-16-20(23)11-8-6-4-2-1-3-5-7-10-18-12-9-13-19-14-21(26-27-28)15-22(18)19/h7,9-10,12-13,20-21,23,26-27H,1-6,8,11,14-17H2,(H2,25,29)/b10-7-. The maximum atomic E-state index is 12.0. The molecule has 0 spiro atoms. The number of rotatable bonds is 1. The molecule has 0 radical (unpaired) electrons. The van der Waals surface area contributed by atoms with Crippen molar-refractivity contribution in [2.45, 2.75) is 70.3 Å². The number of fused-ring (bicyclic) bond motifs is 3. The van der Waals surface area contributed by atoms with E-state index in [1.807, 2.05) is 0 Å². The van der Waals surface area contributed by atoms with E-state index in [0.29, 0.717) is 18.5 Å². The van der Waals surface area contributed by atoms with Crippen LogP contribution in [0.5, 0.6) is 0 Å². The fourth-order valence-electron chi connectivity index (χ4n) is 5.28. The highest BCUT2D eigenvalue weighted by Gasteiger charge is 2.36. The number of hydrogen-bond donors (Lipinski definition) is 3. The lowest BCUT2D eigenvalue weighted by atomic mass is 9.90. The molecule has 1 amide bonds. The van der Waals surface area contributed by atoms with Crippen LogP contribution in [0, 0.1) is 11.8 Å². The van der Waals surface area contributed by atoms with E-state index in [0.717, 1.165) is 25.8 Å². The Hall–Kier alpha value is -1.69. The number of hydrazine groups is 2. The Morgan fingerprint density at radius 2 is 1.86 bits per heavy atom. The lowest BCUT2D eigenvalue weighted by Gasteiger charge is -2.21. The first-order valence-electron chi connectivity index (χ1n) is 11.5. The average molecular weight is 397 g/mol. The normalized spacial score (nSPS) is 32.1. The summed E-state index contributed by atoms with van der Waals surface area (Å²) in [5.74, 6) is 0.194. The van der Waals surface area contributed by atoms with Crippen molar-refractivity contribution in [3.05, 3.63) is 41.0 Å². The van der Waals surface area contributed by atoms with Crippen LogP contribution in [-0.2, 0) is 17.6 Å². The van der Waals surface area contributed by atoms with Crippen LogP contribution in [0.25, 0.3) is 6.08 Å². The van der Waals surface area contributed by atoms with Gasteiger partial charge in [-0.05, 0) is 54.7 Å². The lowest BCUT2D eigenvalue weighted by Crippen LogP contribution is -2.51. The highest BCUT2D eigenvalue weighted by Crippen LogP contribution is 2.29. The van der Waals surface area contributed by atoms with E-state index in [4.69, 9.17) is 5.73 Å². The molecule has 4 N–H and O–H groups in total. The third kappa shape index (κ3) is 5.27. The second kappa shape index (κ2) is 9.88. The van der Waals surface area contributed by atoms with E-state index in [1.54, 1.807) is 0 Å². The van der Waals surface area contributed by atoms with Gasteiger partial charge in [-0.25, -0.2) is 10.4 Å². The summed E-state index contributed by atoms with van der Waals surface area (Å²) >= 11 is 0. The predicted molar refractivity (Wildman–Crippen MR) is 118 cm³/mol. The molecule has 4 rings (SSSR count). The Morgan fingerprint density at radius 3 is 2.72 bits per heavy atom. The van der Waals surface area contributed by atoms with E-state index in [2.05, 4.69) is 46.3 Å². The molecule has 4 bridgehead atoms. The zero-order chi connectivity index (χ0) is 20.1. The Kier molecular flexibility index (Phi) is 7.01. The number of hydrogen-bond acceptors (Lipinski definition) is 4. The number of primary amides is 1. The fourth-order valence-corrected chi connectivity index (χ4v) is 5.28. The summed E-state index contributed by atoms with van der Waals surface area (Å²) in [4.78, 5) is 12.0. The topological polar surface area (TPSA) is 70.4 Å². The minimum Gasteiger partial charge on any atom is -0.369 e. The van der Waals surface area contributed by atoms with E-state index >= 15 is 0 Å². The summed E-state index contributed by atoms with van der Waals surface area (Å²) in [6, 6.07) is 7.07. The lowest BCUT2D eigenvalue weighted by molar-refractivity contribution is -0.122. The van der Waals surface area contributed by atoms with Crippen molar-refractivity contribution in [3.63, 3.8) is 0 Å². The minimum absolute atomic E-state index is 0.0348. The molecule has 29 heavy (non-hydrogen) atoms. The molecule has 1 saturated heterocycles. The van der Waals surface area contributed by atoms with Gasteiger partial charge in [0, 0.05) is 19.1 Å². The third-order valence-electron chi connectivity index (χ3n) is 6.95. The Morgan fingerprint density at radius 1 is 1.03 bits per heavy atom. The van der Waals surface area contributed by atoms with Crippen LogP contribution in [0.15, 0.2) is 24.3 Å². The molecule has 4 atom stereocenters. The fraction of sp³-hybridized carbons (Fsp3) is 0.625. The number of carbonyl (C=O) groups excluding carboxylic acids is 1. The van der Waals surface area contributed by atoms with E-state index in [1.165, 1.54) is 61.6 Å². The molecule has 1 fully saturated rings. The first-order valence-corrected chi connectivity index (χ1v) is 11.5. The van der Waals surface area contributed by atoms with Crippen molar-refractivity contribution in [1.29, 1.82) is 0 Å². The maximum absolute atomic E-state index is 12.0. The van der Waals surface area contributed by atoms with E-state index in [-0.39, 0.29) is 11.8 Å². The number of carbonyl (C=O) groups is 1. The van der Waals surface area contributed by atoms with Gasteiger partial charge in [0.2, 0.25) is 5.91 Å². The first kappa shape index (κ1) is 20.6. The number of nitrogens with one attached hydrogen (secondary N) is 2. The maximum Gasteiger partial charge on any atom is 0.222 e. The summed E-state index contributed by atoms with van der Waals surface area (Å²) in [5, 5.41) is 2.16. The predicted octanol–water partition coefficient (Wildman–Crippen LogP) is 3.34. The molecular weight excluding hydrogens is 360 g/mol. The van der Waals surface area contributed by atoms with Crippen molar-refractivity contribution in [1.82, 2.24) is 16.0 Å². The van der Waals surface area contributed by atoms with Crippen molar-refractivity contribution >= 4 is 12.0 Å². The molecule has 1 aliphatic carbocycles. The van der Waals surface area contributed by atoms with Crippen LogP contribution in [-0.4, -0.2) is 30.0 Å². The molecule has 2 aliphatic heterocycles. The Bertz CT molecular complexity index is 732. The largest absolute Gasteiger partial charge is 0.369 e. The molecule has 1 aromatic carbocycles. The van der Waals surface area contributed by atoms with Crippen LogP contribution >= 0.6 is 0 Å². The van der Waals surface area contributed by atoms with Gasteiger partial charge in [-0.3, -0.25) is 4.79 Å². The molecule has 5 heteroatoms. The smallest absolute Gasteiger partial charge is 0.222 e. The van der Waals surface area contributed by atoms with Gasteiger partial charge < -0.3 is 5.73 Å². The van der Waals surface area contributed by atoms with Crippen LogP contribution in [0.1, 0.15) is 68.1 Å². The molecule has 3 aliphatic rings. The van der Waals surface area contributed by atoms with Gasteiger partial charge in [0.15, 0.2) is 0 Å². The summed E-state index contributed by atoms with van der Waals surface area (Å²) in [5.41, 5.74) is 17.0. The minimum atomic E-state index is -0.147. The van der Waals surface area contributed by atoms with Crippen molar-refractivity contribution in [3.8, 4) is 0 Å². The van der Waals surface area contributed by atoms with Crippen molar-refractivity contribution in [2.24, 2.45) is 17.6 Å². The van der Waals surface area contributed by atoms with Gasteiger partial charge in [0.25, 0.3) is 0 Å². The summed E-state index contributed by atoms with van der Waals surface area (Å²) in [6.07, 6.45) is 16.7. The molecule has 5 nitrogen and oxygen atoms in total. The van der Waals surface area contributed by atoms with Crippen LogP contribution in [0.2, 0.25) is 0 Å². The molecule has 2 heterocycles.